The molecule has 2 nitrogen and oxygen atoms in total. The molecule has 0 radical (unpaired) electrons. The lowest BCUT2D eigenvalue weighted by atomic mass is 10.0. The Morgan fingerprint density at radius 2 is 1.15 bits per heavy atom. The lowest BCUT2D eigenvalue weighted by molar-refractivity contribution is -0.137. The molecule has 0 aromatic heterocycles. The Bertz CT molecular complexity index is 234. The first-order chi connectivity index (χ1) is 9.77. The van der Waals surface area contributed by atoms with Crippen molar-refractivity contribution in [3.63, 3.8) is 0 Å². The van der Waals surface area contributed by atoms with E-state index in [0.717, 1.165) is 12.8 Å². The molecule has 0 amide bonds. The molecule has 0 aliphatic rings. The quantitative estimate of drug-likeness (QED) is 0.291. The van der Waals surface area contributed by atoms with Crippen molar-refractivity contribution in [2.45, 2.75) is 96.8 Å². The van der Waals surface area contributed by atoms with Crippen molar-refractivity contribution in [3.05, 3.63) is 12.2 Å². The van der Waals surface area contributed by atoms with Gasteiger partial charge in [-0.3, -0.25) is 4.79 Å². The van der Waals surface area contributed by atoms with E-state index in [2.05, 4.69) is 19.1 Å². The molecule has 0 aromatic rings. The van der Waals surface area contributed by atoms with Gasteiger partial charge in [0, 0.05) is 6.42 Å². The second-order valence-corrected chi connectivity index (χ2v) is 5.74. The normalized spacial score (nSPS) is 11.2. The number of allylic oxidation sites excluding steroid dienone is 2. The topological polar surface area (TPSA) is 37.3 Å². The van der Waals surface area contributed by atoms with Gasteiger partial charge >= 0.3 is 5.97 Å². The Morgan fingerprint density at radius 3 is 1.55 bits per heavy atom. The van der Waals surface area contributed by atoms with Crippen molar-refractivity contribution < 1.29 is 9.90 Å². The van der Waals surface area contributed by atoms with Crippen LogP contribution in [0.3, 0.4) is 0 Å². The van der Waals surface area contributed by atoms with Gasteiger partial charge in [0.2, 0.25) is 0 Å². The smallest absolute Gasteiger partial charge is 0.303 e. The molecule has 0 aromatic carbocycles. The molecule has 0 saturated carbocycles. The van der Waals surface area contributed by atoms with Gasteiger partial charge < -0.3 is 5.11 Å². The molecule has 0 fully saturated rings. The van der Waals surface area contributed by atoms with Gasteiger partial charge in [-0.05, 0) is 26.2 Å². The van der Waals surface area contributed by atoms with Gasteiger partial charge in [-0.15, -0.1) is 0 Å². The Kier molecular flexibility index (Phi) is 15.6. The summed E-state index contributed by atoms with van der Waals surface area (Å²) in [6, 6.07) is 0. The predicted molar refractivity (Wildman–Crippen MR) is 87.1 cm³/mol. The zero-order valence-electron chi connectivity index (χ0n) is 13.4. The van der Waals surface area contributed by atoms with Crippen LogP contribution in [0.15, 0.2) is 12.2 Å². The standard InChI is InChI=1S/C18H34O2/c1-2-3-4-5-6-7-8-9-10-11-12-13-14-15-16-17-18(19)20/h2-3H,4-17H2,1H3,(H,19,20)/b3-2-. The van der Waals surface area contributed by atoms with Crippen LogP contribution in [0.5, 0.6) is 0 Å². The van der Waals surface area contributed by atoms with Crippen LogP contribution in [0, 0.1) is 0 Å². The molecule has 0 aliphatic carbocycles. The molecule has 0 rings (SSSR count). The number of hydrogen-bond donors (Lipinski definition) is 1. The average molecular weight is 282 g/mol. The summed E-state index contributed by atoms with van der Waals surface area (Å²) in [5.74, 6) is -0.657. The summed E-state index contributed by atoms with van der Waals surface area (Å²) >= 11 is 0. The molecular formula is C18H34O2. The number of hydrogen-bond acceptors (Lipinski definition) is 1. The molecule has 0 unspecified atom stereocenters. The summed E-state index contributed by atoms with van der Waals surface area (Å²) in [5, 5.41) is 8.51. The first-order valence-corrected chi connectivity index (χ1v) is 8.60. The van der Waals surface area contributed by atoms with Crippen LogP contribution in [0.4, 0.5) is 0 Å². The SMILES string of the molecule is C/C=C\CCCCCCCCCCCCCCC(=O)O. The van der Waals surface area contributed by atoms with Gasteiger partial charge in [-0.25, -0.2) is 0 Å². The molecule has 0 atom stereocenters. The second-order valence-electron chi connectivity index (χ2n) is 5.74. The Balaban J connectivity index is 2.97. The molecule has 0 aliphatic heterocycles. The van der Waals surface area contributed by atoms with Gasteiger partial charge in [-0.2, -0.15) is 0 Å². The van der Waals surface area contributed by atoms with E-state index >= 15 is 0 Å². The van der Waals surface area contributed by atoms with Crippen molar-refractivity contribution in [1.29, 1.82) is 0 Å². The summed E-state index contributed by atoms with van der Waals surface area (Å²) in [7, 11) is 0. The number of rotatable bonds is 15. The lowest BCUT2D eigenvalue weighted by Gasteiger charge is -2.02. The summed E-state index contributed by atoms with van der Waals surface area (Å²) in [5.41, 5.74) is 0. The van der Waals surface area contributed by atoms with Gasteiger partial charge in [0.15, 0.2) is 0 Å². The van der Waals surface area contributed by atoms with E-state index in [0.29, 0.717) is 6.42 Å². The summed E-state index contributed by atoms with van der Waals surface area (Å²) in [4.78, 5) is 10.3. The molecular weight excluding hydrogens is 248 g/mol. The van der Waals surface area contributed by atoms with E-state index in [9.17, 15) is 4.79 Å². The van der Waals surface area contributed by atoms with E-state index in [1.165, 1.54) is 70.6 Å². The highest BCUT2D eigenvalue weighted by molar-refractivity contribution is 5.66. The largest absolute Gasteiger partial charge is 0.481 e. The third kappa shape index (κ3) is 17.2. The molecule has 2 heteroatoms. The van der Waals surface area contributed by atoms with Gasteiger partial charge in [0.25, 0.3) is 0 Å². The molecule has 0 spiro atoms. The summed E-state index contributed by atoms with van der Waals surface area (Å²) in [6.07, 6.45) is 21.4. The first-order valence-electron chi connectivity index (χ1n) is 8.60. The second kappa shape index (κ2) is 16.3. The average Bonchev–Trinajstić information content (AvgIpc) is 2.43. The van der Waals surface area contributed by atoms with Gasteiger partial charge in [-0.1, -0.05) is 76.4 Å². The highest BCUT2D eigenvalue weighted by Crippen LogP contribution is 2.13. The van der Waals surface area contributed by atoms with Crippen LogP contribution in [-0.2, 0) is 4.79 Å². The third-order valence-electron chi connectivity index (χ3n) is 3.75. The fourth-order valence-corrected chi connectivity index (χ4v) is 2.47. The molecule has 0 heterocycles. The van der Waals surface area contributed by atoms with E-state index in [1.54, 1.807) is 0 Å². The Labute approximate surface area is 125 Å². The summed E-state index contributed by atoms with van der Waals surface area (Å²) < 4.78 is 0. The van der Waals surface area contributed by atoms with Crippen molar-refractivity contribution in [2.24, 2.45) is 0 Å². The van der Waals surface area contributed by atoms with Crippen molar-refractivity contribution in [3.8, 4) is 0 Å². The van der Waals surface area contributed by atoms with Crippen LogP contribution in [0.1, 0.15) is 96.8 Å². The van der Waals surface area contributed by atoms with Gasteiger partial charge in [0.1, 0.15) is 0 Å². The number of carbonyl (C=O) groups is 1. The first kappa shape index (κ1) is 19.2. The molecule has 0 bridgehead atoms. The number of unbranched alkanes of at least 4 members (excludes halogenated alkanes) is 12. The minimum absolute atomic E-state index is 0.341. The molecule has 0 saturated heterocycles. The van der Waals surface area contributed by atoms with E-state index in [4.69, 9.17) is 5.11 Å². The van der Waals surface area contributed by atoms with E-state index in [1.807, 2.05) is 0 Å². The minimum atomic E-state index is -0.657. The maximum absolute atomic E-state index is 10.3. The van der Waals surface area contributed by atoms with Crippen LogP contribution < -0.4 is 0 Å². The summed E-state index contributed by atoms with van der Waals surface area (Å²) in [6.45, 7) is 2.09. The molecule has 20 heavy (non-hydrogen) atoms. The van der Waals surface area contributed by atoms with E-state index in [-0.39, 0.29) is 0 Å². The Hall–Kier alpha value is -0.790. The van der Waals surface area contributed by atoms with Crippen LogP contribution in [0.2, 0.25) is 0 Å². The monoisotopic (exact) mass is 282 g/mol. The van der Waals surface area contributed by atoms with E-state index < -0.39 is 5.97 Å². The van der Waals surface area contributed by atoms with Crippen LogP contribution in [-0.4, -0.2) is 11.1 Å². The fourth-order valence-electron chi connectivity index (χ4n) is 2.47. The maximum atomic E-state index is 10.3. The molecule has 118 valence electrons. The zero-order chi connectivity index (χ0) is 14.9. The highest BCUT2D eigenvalue weighted by Gasteiger charge is 1.96. The van der Waals surface area contributed by atoms with Crippen LogP contribution in [0.25, 0.3) is 0 Å². The number of aliphatic carboxylic acids is 1. The van der Waals surface area contributed by atoms with Gasteiger partial charge in [0.05, 0.1) is 0 Å². The molecule has 1 N–H and O–H groups in total. The Morgan fingerprint density at radius 1 is 0.750 bits per heavy atom. The fraction of sp³-hybridized carbons (Fsp3) is 0.833. The zero-order valence-corrected chi connectivity index (χ0v) is 13.4. The number of carboxylic acids is 1. The highest BCUT2D eigenvalue weighted by atomic mass is 16.4. The van der Waals surface area contributed by atoms with Crippen molar-refractivity contribution >= 4 is 5.97 Å². The predicted octanol–water partition coefficient (Wildman–Crippen LogP) is 6.11. The maximum Gasteiger partial charge on any atom is 0.303 e. The van der Waals surface area contributed by atoms with Crippen LogP contribution >= 0.6 is 0 Å². The number of carboxylic acid groups (broad SMARTS) is 1. The minimum Gasteiger partial charge on any atom is -0.481 e. The third-order valence-corrected chi connectivity index (χ3v) is 3.75. The lowest BCUT2D eigenvalue weighted by Crippen LogP contribution is -1.93. The van der Waals surface area contributed by atoms with Crippen molar-refractivity contribution in [2.75, 3.05) is 0 Å². The van der Waals surface area contributed by atoms with Crippen molar-refractivity contribution in [1.82, 2.24) is 0 Å².